The van der Waals surface area contributed by atoms with Gasteiger partial charge in [0, 0.05) is 61.2 Å². The summed E-state index contributed by atoms with van der Waals surface area (Å²) in [4.78, 5) is 46.8. The molecular formula is C41H37Cl4FN8O3. The lowest BCUT2D eigenvalue weighted by Crippen LogP contribution is -2.45. The Morgan fingerprint density at radius 3 is 1.58 bits per heavy atom. The van der Waals surface area contributed by atoms with Gasteiger partial charge in [0.05, 0.1) is 49.4 Å². The second-order valence-electron chi connectivity index (χ2n) is 13.6. The number of methoxy groups -OCH3 is 1. The Hall–Kier alpha value is -5.01. The topological polar surface area (TPSA) is 125 Å². The average molecular weight is 851 g/mol. The molecule has 16 heteroatoms. The van der Waals surface area contributed by atoms with Crippen molar-refractivity contribution in [3.8, 4) is 5.75 Å². The fraction of sp³-hybridized carbons (Fsp3) is 0.268. The first-order chi connectivity index (χ1) is 27.6. The van der Waals surface area contributed by atoms with Crippen LogP contribution in [0.1, 0.15) is 46.4 Å². The number of piperidine rings is 2. The molecule has 8 rings (SSSR count). The van der Waals surface area contributed by atoms with Crippen LogP contribution in [0.5, 0.6) is 5.75 Å². The summed E-state index contributed by atoms with van der Waals surface area (Å²) in [6.45, 7) is 3.01. The lowest BCUT2D eigenvalue weighted by Gasteiger charge is -2.33. The van der Waals surface area contributed by atoms with Gasteiger partial charge in [-0.25, -0.2) is 24.3 Å². The Bertz CT molecular complexity index is 2430. The number of nitrogens with one attached hydrogen (secondary N) is 2. The van der Waals surface area contributed by atoms with Crippen molar-refractivity contribution in [3.63, 3.8) is 0 Å². The molecule has 0 atom stereocenters. The van der Waals surface area contributed by atoms with Crippen LogP contribution in [-0.2, 0) is 0 Å². The van der Waals surface area contributed by atoms with E-state index >= 15 is 0 Å². The van der Waals surface area contributed by atoms with Crippen LogP contribution in [0.4, 0.5) is 16.0 Å². The SMILES string of the molecule is COc1ccc2c(N3CCC(NC(=O)c4cccc(Cl)c4Cl)CC3)ncnc2c1.O=C(NC1CCN(c2ncnc3cc(F)ccc23)CC1)c1cccc(Cl)c1Cl. The molecule has 4 heterocycles. The van der Waals surface area contributed by atoms with Gasteiger partial charge in [-0.15, -0.1) is 0 Å². The van der Waals surface area contributed by atoms with Crippen LogP contribution in [0.2, 0.25) is 20.1 Å². The lowest BCUT2D eigenvalue weighted by atomic mass is 10.0. The maximum atomic E-state index is 13.4. The highest BCUT2D eigenvalue weighted by atomic mass is 35.5. The van der Waals surface area contributed by atoms with Crippen molar-refractivity contribution in [2.45, 2.75) is 37.8 Å². The summed E-state index contributed by atoms with van der Waals surface area (Å²) in [6.07, 6.45) is 6.17. The molecule has 2 aliphatic heterocycles. The van der Waals surface area contributed by atoms with Gasteiger partial charge in [-0.3, -0.25) is 9.59 Å². The maximum Gasteiger partial charge on any atom is 0.253 e. The molecule has 2 N–H and O–H groups in total. The first kappa shape index (κ1) is 40.2. The van der Waals surface area contributed by atoms with E-state index in [4.69, 9.17) is 51.1 Å². The number of halogens is 5. The summed E-state index contributed by atoms with van der Waals surface area (Å²) >= 11 is 24.3. The summed E-state index contributed by atoms with van der Waals surface area (Å²) in [7, 11) is 1.64. The van der Waals surface area contributed by atoms with Crippen molar-refractivity contribution in [1.82, 2.24) is 30.6 Å². The third-order valence-electron chi connectivity index (χ3n) is 10.1. The molecule has 2 aliphatic rings. The van der Waals surface area contributed by atoms with Crippen LogP contribution in [0, 0.1) is 5.82 Å². The number of rotatable bonds is 7. The summed E-state index contributed by atoms with van der Waals surface area (Å²) in [5, 5.41) is 9.18. The van der Waals surface area contributed by atoms with Crippen molar-refractivity contribution in [2.75, 3.05) is 43.1 Å². The molecule has 0 saturated carbocycles. The molecule has 2 saturated heterocycles. The number of benzene rings is 4. The fourth-order valence-electron chi connectivity index (χ4n) is 7.03. The van der Waals surface area contributed by atoms with Gasteiger partial charge in [-0.05, 0) is 74.2 Å². The molecule has 0 spiro atoms. The normalized spacial score (nSPS) is 14.9. The number of amides is 2. The smallest absolute Gasteiger partial charge is 0.253 e. The standard InChI is InChI=1S/C21H20Cl2N4O2.C20H17Cl2FN4O/c1-29-14-5-6-15-18(11-14)24-12-25-20(15)27-9-7-13(8-10-27)26-21(28)16-3-2-4-17(22)19(16)23;21-16-3-1-2-15(18(16)22)20(28)26-13-6-8-27(9-7-13)19-14-5-4-12(23)10-17(14)24-11-25-19/h2-6,11-13H,7-10H2,1H3,(H,26,28);1-5,10-11,13H,6-9H2,(H,26,28). The molecule has 2 fully saturated rings. The molecule has 0 aliphatic carbocycles. The van der Waals surface area contributed by atoms with Crippen LogP contribution in [-0.4, -0.2) is 77.1 Å². The van der Waals surface area contributed by atoms with Crippen molar-refractivity contribution in [2.24, 2.45) is 0 Å². The van der Waals surface area contributed by atoms with Gasteiger partial charge in [0.2, 0.25) is 0 Å². The molecule has 11 nitrogen and oxygen atoms in total. The number of hydrogen-bond acceptors (Lipinski definition) is 9. The Labute approximate surface area is 348 Å². The molecule has 4 aromatic carbocycles. The number of fused-ring (bicyclic) bond motifs is 2. The van der Waals surface area contributed by atoms with Gasteiger partial charge in [-0.2, -0.15) is 0 Å². The van der Waals surface area contributed by atoms with E-state index in [9.17, 15) is 14.0 Å². The Morgan fingerprint density at radius 1 is 0.649 bits per heavy atom. The zero-order chi connectivity index (χ0) is 40.1. The van der Waals surface area contributed by atoms with Crippen molar-refractivity contribution < 1.29 is 18.7 Å². The predicted molar refractivity (Wildman–Crippen MR) is 224 cm³/mol. The number of carbonyl (C=O) groups excluding carboxylic acids is 2. The number of nitrogens with zero attached hydrogens (tertiary/aromatic N) is 6. The number of aromatic nitrogens is 4. The molecule has 57 heavy (non-hydrogen) atoms. The minimum atomic E-state index is -0.321. The molecule has 2 aromatic heterocycles. The second-order valence-corrected chi connectivity index (χ2v) is 15.2. The molecular weight excluding hydrogens is 813 g/mol. The minimum Gasteiger partial charge on any atom is -0.497 e. The van der Waals surface area contributed by atoms with Crippen molar-refractivity contribution in [3.05, 3.63) is 122 Å². The third-order valence-corrected chi connectivity index (χ3v) is 11.7. The zero-order valence-corrected chi connectivity index (χ0v) is 33.7. The minimum absolute atomic E-state index is 0.0318. The molecule has 6 aromatic rings. The molecule has 0 radical (unpaired) electrons. The van der Waals surface area contributed by atoms with Gasteiger partial charge in [0.25, 0.3) is 11.8 Å². The van der Waals surface area contributed by atoms with E-state index < -0.39 is 0 Å². The third kappa shape index (κ3) is 9.26. The average Bonchev–Trinajstić information content (AvgIpc) is 3.23. The number of anilines is 2. The van der Waals surface area contributed by atoms with Crippen LogP contribution < -0.4 is 25.2 Å². The highest BCUT2D eigenvalue weighted by Crippen LogP contribution is 2.31. The van der Waals surface area contributed by atoms with Crippen molar-refractivity contribution >= 4 is 91.7 Å². The van der Waals surface area contributed by atoms with E-state index in [-0.39, 0.29) is 39.8 Å². The summed E-state index contributed by atoms with van der Waals surface area (Å²) in [5.74, 6) is 1.71. The Kier molecular flexibility index (Phi) is 12.7. The molecule has 294 valence electrons. The quantitative estimate of drug-likeness (QED) is 0.162. The Morgan fingerprint density at radius 2 is 1.11 bits per heavy atom. The number of carbonyl (C=O) groups is 2. The Balaban J connectivity index is 0.000000174. The van der Waals surface area contributed by atoms with Crippen LogP contribution >= 0.6 is 46.4 Å². The summed E-state index contributed by atoms with van der Waals surface area (Å²) in [5.41, 5.74) is 2.20. The van der Waals surface area contributed by atoms with Crippen LogP contribution in [0.3, 0.4) is 0 Å². The van der Waals surface area contributed by atoms with Gasteiger partial charge in [0.1, 0.15) is 35.9 Å². The van der Waals surface area contributed by atoms with Gasteiger partial charge in [0.15, 0.2) is 0 Å². The zero-order valence-electron chi connectivity index (χ0n) is 30.7. The van der Waals surface area contributed by atoms with Crippen molar-refractivity contribution in [1.29, 1.82) is 0 Å². The monoisotopic (exact) mass is 848 g/mol. The second kappa shape index (κ2) is 18.1. The summed E-state index contributed by atoms with van der Waals surface area (Å²) in [6, 6.07) is 20.5. The molecule has 2 amide bonds. The van der Waals surface area contributed by atoms with E-state index in [2.05, 4.69) is 40.4 Å². The van der Waals surface area contributed by atoms with E-state index in [0.29, 0.717) is 26.7 Å². The molecule has 0 bridgehead atoms. The maximum absolute atomic E-state index is 13.4. The van der Waals surface area contributed by atoms with E-state index in [1.54, 1.807) is 55.9 Å². The van der Waals surface area contributed by atoms with E-state index in [1.807, 2.05) is 18.2 Å². The number of hydrogen-bond donors (Lipinski definition) is 2. The highest BCUT2D eigenvalue weighted by Gasteiger charge is 2.26. The predicted octanol–water partition coefficient (Wildman–Crippen LogP) is 8.82. The largest absolute Gasteiger partial charge is 0.497 e. The van der Waals surface area contributed by atoms with E-state index in [0.717, 1.165) is 85.5 Å². The highest BCUT2D eigenvalue weighted by molar-refractivity contribution is 6.44. The number of ether oxygens (including phenoxy) is 1. The first-order valence-corrected chi connectivity index (χ1v) is 19.8. The fourth-order valence-corrected chi connectivity index (χ4v) is 7.80. The van der Waals surface area contributed by atoms with Gasteiger partial charge < -0.3 is 25.2 Å². The molecule has 0 unspecified atom stereocenters. The first-order valence-electron chi connectivity index (χ1n) is 18.3. The summed E-state index contributed by atoms with van der Waals surface area (Å²) < 4.78 is 18.7. The van der Waals surface area contributed by atoms with Gasteiger partial charge in [-0.1, -0.05) is 58.5 Å². The van der Waals surface area contributed by atoms with Gasteiger partial charge >= 0.3 is 0 Å². The van der Waals surface area contributed by atoms with Crippen LogP contribution in [0.25, 0.3) is 21.8 Å². The lowest BCUT2D eigenvalue weighted by molar-refractivity contribution is 0.0922. The van der Waals surface area contributed by atoms with Crippen LogP contribution in [0.15, 0.2) is 85.5 Å². The van der Waals surface area contributed by atoms with E-state index in [1.165, 1.54) is 18.5 Å².